The van der Waals surface area contributed by atoms with Crippen molar-refractivity contribution in [2.75, 3.05) is 20.7 Å². The van der Waals surface area contributed by atoms with E-state index < -0.39 is 0 Å². The van der Waals surface area contributed by atoms with E-state index in [4.69, 9.17) is 4.84 Å². The van der Waals surface area contributed by atoms with Crippen LogP contribution in [-0.4, -0.2) is 37.2 Å². The molecule has 1 N–H and O–H groups in total. The van der Waals surface area contributed by atoms with Crippen LogP contribution in [0.2, 0.25) is 0 Å². The zero-order valence-corrected chi connectivity index (χ0v) is 8.59. The lowest BCUT2D eigenvalue weighted by atomic mass is 9.93. The van der Waals surface area contributed by atoms with E-state index in [1.165, 1.54) is 12.2 Å². The Labute approximate surface area is 79.2 Å². The first-order valence-electron chi connectivity index (χ1n) is 4.73. The first kappa shape index (κ1) is 10.5. The van der Waals surface area contributed by atoms with Gasteiger partial charge in [-0.05, 0) is 25.8 Å². The lowest BCUT2D eigenvalue weighted by molar-refractivity contribution is -0.176. The fraction of sp³-hybridized carbons (Fsp3) is 0.889. The first-order chi connectivity index (χ1) is 6.16. The molecule has 1 fully saturated rings. The molecule has 1 amide bonds. The largest absolute Gasteiger partial charge is 0.303 e. The lowest BCUT2D eigenvalue weighted by Crippen LogP contribution is -2.53. The van der Waals surface area contributed by atoms with Gasteiger partial charge in [-0.3, -0.25) is 9.63 Å². The highest BCUT2D eigenvalue weighted by molar-refractivity contribution is 5.85. The highest BCUT2D eigenvalue weighted by Gasteiger charge is 2.41. The minimum atomic E-state index is -0.370. The second-order valence-corrected chi connectivity index (χ2v) is 3.45. The SMILES string of the molecule is CCC1(C(=O)N(C)OC)CCCN1. The number of carbonyl (C=O) groups is 1. The summed E-state index contributed by atoms with van der Waals surface area (Å²) in [5.41, 5.74) is -0.370. The third-order valence-corrected chi connectivity index (χ3v) is 2.82. The second kappa shape index (κ2) is 4.07. The predicted octanol–water partition coefficient (Wildman–Crippen LogP) is 0.538. The van der Waals surface area contributed by atoms with Crippen molar-refractivity contribution in [3.8, 4) is 0 Å². The van der Waals surface area contributed by atoms with Gasteiger partial charge in [0.2, 0.25) is 0 Å². The van der Waals surface area contributed by atoms with Gasteiger partial charge in [0.15, 0.2) is 0 Å². The highest BCUT2D eigenvalue weighted by Crippen LogP contribution is 2.24. The van der Waals surface area contributed by atoms with Crippen molar-refractivity contribution in [2.45, 2.75) is 31.7 Å². The number of likely N-dealkylation sites (N-methyl/N-ethyl adjacent to an activating group) is 1. The van der Waals surface area contributed by atoms with Crippen LogP contribution in [0.1, 0.15) is 26.2 Å². The quantitative estimate of drug-likeness (QED) is 0.654. The Morgan fingerprint density at radius 1 is 1.69 bits per heavy atom. The molecule has 0 spiro atoms. The maximum atomic E-state index is 11.9. The fourth-order valence-corrected chi connectivity index (χ4v) is 1.83. The molecule has 0 aromatic heterocycles. The number of hydrogen-bond acceptors (Lipinski definition) is 3. The van der Waals surface area contributed by atoms with Crippen LogP contribution in [0, 0.1) is 0 Å². The van der Waals surface area contributed by atoms with Gasteiger partial charge >= 0.3 is 0 Å². The normalized spacial score (nSPS) is 27.6. The van der Waals surface area contributed by atoms with Crippen molar-refractivity contribution in [3.05, 3.63) is 0 Å². The number of rotatable bonds is 3. The van der Waals surface area contributed by atoms with Crippen LogP contribution in [0.5, 0.6) is 0 Å². The Morgan fingerprint density at radius 3 is 2.77 bits per heavy atom. The molecule has 1 heterocycles. The Morgan fingerprint density at radius 2 is 2.38 bits per heavy atom. The first-order valence-corrected chi connectivity index (χ1v) is 4.73. The van der Waals surface area contributed by atoms with E-state index >= 15 is 0 Å². The van der Waals surface area contributed by atoms with Gasteiger partial charge in [0, 0.05) is 7.05 Å². The van der Waals surface area contributed by atoms with Gasteiger partial charge in [-0.25, -0.2) is 5.06 Å². The Kier molecular flexibility index (Phi) is 3.27. The van der Waals surface area contributed by atoms with Crippen molar-refractivity contribution >= 4 is 5.91 Å². The molecule has 0 aliphatic carbocycles. The molecule has 76 valence electrons. The highest BCUT2D eigenvalue weighted by atomic mass is 16.7. The van der Waals surface area contributed by atoms with E-state index in [1.807, 2.05) is 6.92 Å². The van der Waals surface area contributed by atoms with E-state index in [2.05, 4.69) is 5.32 Å². The molecule has 1 aliphatic rings. The van der Waals surface area contributed by atoms with E-state index in [-0.39, 0.29) is 11.4 Å². The van der Waals surface area contributed by atoms with Crippen molar-refractivity contribution in [1.29, 1.82) is 0 Å². The molecule has 13 heavy (non-hydrogen) atoms. The summed E-state index contributed by atoms with van der Waals surface area (Å²) in [6, 6.07) is 0. The van der Waals surface area contributed by atoms with Crippen LogP contribution in [0.25, 0.3) is 0 Å². The number of amides is 1. The molecule has 1 unspecified atom stereocenters. The Hall–Kier alpha value is -0.610. The molecular weight excluding hydrogens is 168 g/mol. The van der Waals surface area contributed by atoms with Crippen LogP contribution >= 0.6 is 0 Å². The van der Waals surface area contributed by atoms with E-state index in [0.717, 1.165) is 25.8 Å². The molecule has 1 atom stereocenters. The minimum absolute atomic E-state index is 0.0370. The summed E-state index contributed by atoms with van der Waals surface area (Å²) in [4.78, 5) is 16.8. The summed E-state index contributed by atoms with van der Waals surface area (Å²) >= 11 is 0. The smallest absolute Gasteiger partial charge is 0.266 e. The molecule has 0 bridgehead atoms. The van der Waals surface area contributed by atoms with Crippen LogP contribution in [0.15, 0.2) is 0 Å². The molecule has 0 saturated carbocycles. The Balaban J connectivity index is 2.70. The molecular formula is C9H18N2O2. The third-order valence-electron chi connectivity index (χ3n) is 2.82. The monoisotopic (exact) mass is 186 g/mol. The summed E-state index contributed by atoms with van der Waals surface area (Å²) in [5.74, 6) is 0.0370. The van der Waals surface area contributed by atoms with Crippen LogP contribution < -0.4 is 5.32 Å². The molecule has 0 radical (unpaired) electrons. The van der Waals surface area contributed by atoms with Gasteiger partial charge in [-0.2, -0.15) is 0 Å². The van der Waals surface area contributed by atoms with Gasteiger partial charge in [0.05, 0.1) is 12.6 Å². The number of hydroxylamine groups is 2. The zero-order valence-electron chi connectivity index (χ0n) is 8.59. The summed E-state index contributed by atoms with van der Waals surface area (Å²) in [5, 5.41) is 4.57. The topological polar surface area (TPSA) is 41.6 Å². The molecule has 1 saturated heterocycles. The molecule has 4 heteroatoms. The number of nitrogens with zero attached hydrogens (tertiary/aromatic N) is 1. The summed E-state index contributed by atoms with van der Waals surface area (Å²) < 4.78 is 0. The van der Waals surface area contributed by atoms with Crippen LogP contribution in [0.4, 0.5) is 0 Å². The van der Waals surface area contributed by atoms with Crippen LogP contribution in [-0.2, 0) is 9.63 Å². The third kappa shape index (κ3) is 1.84. The summed E-state index contributed by atoms with van der Waals surface area (Å²) in [6.45, 7) is 2.96. The molecule has 0 aromatic carbocycles. The maximum absolute atomic E-state index is 11.9. The average Bonchev–Trinajstić information content (AvgIpc) is 2.65. The average molecular weight is 186 g/mol. The van der Waals surface area contributed by atoms with Crippen molar-refractivity contribution in [3.63, 3.8) is 0 Å². The molecule has 0 aromatic rings. The van der Waals surface area contributed by atoms with E-state index in [9.17, 15) is 4.79 Å². The van der Waals surface area contributed by atoms with Gasteiger partial charge in [-0.15, -0.1) is 0 Å². The van der Waals surface area contributed by atoms with Crippen molar-refractivity contribution in [2.24, 2.45) is 0 Å². The summed E-state index contributed by atoms with van der Waals surface area (Å²) in [7, 11) is 3.16. The van der Waals surface area contributed by atoms with Gasteiger partial charge < -0.3 is 5.32 Å². The maximum Gasteiger partial charge on any atom is 0.266 e. The fourth-order valence-electron chi connectivity index (χ4n) is 1.83. The van der Waals surface area contributed by atoms with Crippen molar-refractivity contribution < 1.29 is 9.63 Å². The van der Waals surface area contributed by atoms with E-state index in [1.54, 1.807) is 7.05 Å². The van der Waals surface area contributed by atoms with E-state index in [0.29, 0.717) is 0 Å². The van der Waals surface area contributed by atoms with Gasteiger partial charge in [-0.1, -0.05) is 6.92 Å². The standard InChI is InChI=1S/C9H18N2O2/c1-4-9(6-5-7-10-9)8(12)11(2)13-3/h10H,4-7H2,1-3H3. The molecule has 1 aliphatic heterocycles. The number of hydrogen-bond donors (Lipinski definition) is 1. The number of nitrogens with one attached hydrogen (secondary N) is 1. The van der Waals surface area contributed by atoms with Gasteiger partial charge in [0.25, 0.3) is 5.91 Å². The number of carbonyl (C=O) groups excluding carboxylic acids is 1. The Bertz CT molecular complexity index is 188. The second-order valence-electron chi connectivity index (χ2n) is 3.45. The van der Waals surface area contributed by atoms with Crippen LogP contribution in [0.3, 0.4) is 0 Å². The summed E-state index contributed by atoms with van der Waals surface area (Å²) in [6.07, 6.45) is 2.80. The van der Waals surface area contributed by atoms with Crippen molar-refractivity contribution in [1.82, 2.24) is 10.4 Å². The van der Waals surface area contributed by atoms with Gasteiger partial charge in [0.1, 0.15) is 0 Å². The molecule has 1 rings (SSSR count). The minimum Gasteiger partial charge on any atom is -0.303 e. The zero-order chi connectivity index (χ0) is 9.90. The lowest BCUT2D eigenvalue weighted by Gasteiger charge is -2.30. The molecule has 4 nitrogen and oxygen atoms in total. The predicted molar refractivity (Wildman–Crippen MR) is 50.0 cm³/mol.